The maximum Gasteiger partial charge on any atom is 0.306 e. The number of phenolic OH excluding ortho intramolecular Hbond substituents is 3. The zero-order chi connectivity index (χ0) is 57.8. The monoisotopic (exact) mass is 1100 g/mol. The van der Waals surface area contributed by atoms with Crippen molar-refractivity contribution in [1.82, 2.24) is 0 Å². The van der Waals surface area contributed by atoms with Gasteiger partial charge < -0.3 is 29.5 Å². The fourth-order valence-corrected chi connectivity index (χ4v) is 10.5. The van der Waals surface area contributed by atoms with Gasteiger partial charge in [-0.2, -0.15) is 0 Å². The number of carbonyl (C=O) groups is 3. The number of rotatable bonds is 27. The van der Waals surface area contributed by atoms with Crippen LogP contribution in [-0.2, 0) is 86.4 Å². The summed E-state index contributed by atoms with van der Waals surface area (Å²) in [7, 11) is 0. The first-order valence-electron chi connectivity index (χ1n) is 28.6. The molecule has 0 heterocycles. The summed E-state index contributed by atoms with van der Waals surface area (Å²) < 4.78 is 17.9. The first-order chi connectivity index (χ1) is 40.4. The Bertz CT molecular complexity index is 2990. The average molecular weight is 1110 g/mol. The van der Waals surface area contributed by atoms with E-state index in [-0.39, 0.29) is 56.3 Å². The quantitative estimate of drug-likeness (QED) is 0.0339. The summed E-state index contributed by atoms with van der Waals surface area (Å²) in [5.74, 6) is -0.744. The molecule has 0 radical (unpaired) electrons. The Kier molecular flexibility index (Phi) is 20.4. The molecule has 0 aliphatic carbocycles. The topological polar surface area (TPSA) is 140 Å². The van der Waals surface area contributed by atoms with Gasteiger partial charge in [0, 0.05) is 57.8 Å². The number of aryl methyl sites for hydroxylation is 3. The summed E-state index contributed by atoms with van der Waals surface area (Å²) in [5, 5.41) is 34.6. The minimum Gasteiger partial charge on any atom is -0.507 e. The molecule has 0 aromatic heterocycles. The fourth-order valence-electron chi connectivity index (χ4n) is 10.5. The van der Waals surface area contributed by atoms with Gasteiger partial charge in [0.05, 0.1) is 5.41 Å². The summed E-state index contributed by atoms with van der Waals surface area (Å²) in [4.78, 5) is 41.3. The molecule has 422 valence electrons. The van der Waals surface area contributed by atoms with E-state index >= 15 is 0 Å². The molecule has 9 rings (SSSR count). The Hall–Kier alpha value is -9.21. The Balaban J connectivity index is 0.888. The van der Waals surface area contributed by atoms with Crippen LogP contribution in [0.2, 0.25) is 0 Å². The molecule has 0 aliphatic heterocycles. The molecule has 9 aromatic carbocycles. The van der Waals surface area contributed by atoms with Gasteiger partial charge in [0.2, 0.25) is 0 Å². The number of esters is 3. The van der Waals surface area contributed by atoms with E-state index in [1.165, 1.54) is 0 Å². The molecular weight excluding hydrogens is 1030 g/mol. The molecule has 0 spiro atoms. The van der Waals surface area contributed by atoms with E-state index in [1.807, 2.05) is 218 Å². The van der Waals surface area contributed by atoms with Gasteiger partial charge in [-0.3, -0.25) is 14.4 Å². The minimum absolute atomic E-state index is 0.0340. The maximum atomic E-state index is 13.8. The van der Waals surface area contributed by atoms with Crippen molar-refractivity contribution in [2.45, 2.75) is 84.0 Å². The zero-order valence-corrected chi connectivity index (χ0v) is 47.2. The van der Waals surface area contributed by atoms with Crippen LogP contribution in [0.4, 0.5) is 0 Å². The van der Waals surface area contributed by atoms with Crippen LogP contribution in [0.1, 0.15) is 110 Å². The van der Waals surface area contributed by atoms with Crippen molar-refractivity contribution in [3.05, 3.63) is 302 Å². The third-order valence-electron chi connectivity index (χ3n) is 15.0. The van der Waals surface area contributed by atoms with Crippen molar-refractivity contribution >= 4 is 17.9 Å². The molecule has 9 nitrogen and oxygen atoms in total. The average Bonchev–Trinajstić information content (AvgIpc) is 3.70. The van der Waals surface area contributed by atoms with E-state index in [2.05, 4.69) is 0 Å². The van der Waals surface area contributed by atoms with Crippen molar-refractivity contribution in [3.8, 4) is 17.2 Å². The van der Waals surface area contributed by atoms with E-state index in [9.17, 15) is 29.7 Å². The van der Waals surface area contributed by atoms with Gasteiger partial charge in [0.15, 0.2) is 0 Å². The first-order valence-corrected chi connectivity index (χ1v) is 28.6. The van der Waals surface area contributed by atoms with Crippen LogP contribution < -0.4 is 0 Å². The van der Waals surface area contributed by atoms with Gasteiger partial charge in [-0.15, -0.1) is 0 Å². The van der Waals surface area contributed by atoms with E-state index in [1.54, 1.807) is 6.92 Å². The van der Waals surface area contributed by atoms with Crippen LogP contribution in [0.15, 0.2) is 218 Å². The Labute approximate surface area is 487 Å². The molecule has 3 N–H and O–H groups in total. The molecule has 0 saturated heterocycles. The molecular formula is C74H72O9. The Morgan fingerprint density at radius 3 is 0.663 bits per heavy atom. The van der Waals surface area contributed by atoms with Crippen molar-refractivity contribution in [3.63, 3.8) is 0 Å². The van der Waals surface area contributed by atoms with Gasteiger partial charge in [-0.05, 0) is 110 Å². The summed E-state index contributed by atoms with van der Waals surface area (Å²) in [6.45, 7) is 1.17. The number of benzene rings is 9. The number of hydrogen-bond donors (Lipinski definition) is 3. The lowest BCUT2D eigenvalue weighted by molar-refractivity contribution is -0.160. The highest BCUT2D eigenvalue weighted by molar-refractivity contribution is 5.71. The lowest BCUT2D eigenvalue weighted by Gasteiger charge is -2.28. The van der Waals surface area contributed by atoms with Crippen LogP contribution >= 0.6 is 0 Å². The molecule has 9 heteroatoms. The van der Waals surface area contributed by atoms with E-state index in [4.69, 9.17) is 14.2 Å². The number of aromatic hydroxyl groups is 3. The van der Waals surface area contributed by atoms with Crippen molar-refractivity contribution < 1.29 is 43.9 Å². The molecule has 0 amide bonds. The predicted molar refractivity (Wildman–Crippen MR) is 326 cm³/mol. The Morgan fingerprint density at radius 1 is 0.301 bits per heavy atom. The molecule has 0 saturated carbocycles. The third-order valence-corrected chi connectivity index (χ3v) is 15.0. The molecule has 0 bridgehead atoms. The highest BCUT2D eigenvalue weighted by Crippen LogP contribution is 2.33. The molecule has 0 aliphatic rings. The number of hydrogen-bond acceptors (Lipinski definition) is 9. The molecule has 83 heavy (non-hydrogen) atoms. The van der Waals surface area contributed by atoms with Gasteiger partial charge in [-0.1, -0.05) is 218 Å². The van der Waals surface area contributed by atoms with Crippen molar-refractivity contribution in [1.29, 1.82) is 0 Å². The fraction of sp³-hybridized carbons (Fsp3) is 0.230. The minimum atomic E-state index is -1.13. The van der Waals surface area contributed by atoms with Gasteiger partial charge in [-0.25, -0.2) is 0 Å². The van der Waals surface area contributed by atoms with E-state index in [0.717, 1.165) is 83.5 Å². The predicted octanol–water partition coefficient (Wildman–Crippen LogP) is 14.2. The highest BCUT2D eigenvalue weighted by Gasteiger charge is 2.31. The zero-order valence-electron chi connectivity index (χ0n) is 47.2. The second kappa shape index (κ2) is 29.0. The van der Waals surface area contributed by atoms with Crippen molar-refractivity contribution in [2.75, 3.05) is 19.8 Å². The summed E-state index contributed by atoms with van der Waals surface area (Å²) in [5.41, 5.74) is 12.4. The molecule has 0 atom stereocenters. The lowest BCUT2D eigenvalue weighted by Crippen LogP contribution is -2.37. The van der Waals surface area contributed by atoms with Crippen molar-refractivity contribution in [2.24, 2.45) is 5.41 Å². The van der Waals surface area contributed by atoms with Crippen LogP contribution in [0.3, 0.4) is 0 Å². The molecule has 9 aromatic rings. The van der Waals surface area contributed by atoms with Gasteiger partial charge in [0.25, 0.3) is 0 Å². The second-order valence-electron chi connectivity index (χ2n) is 22.1. The number of ether oxygens (including phenoxy) is 3. The smallest absolute Gasteiger partial charge is 0.306 e. The summed E-state index contributed by atoms with van der Waals surface area (Å²) >= 11 is 0. The van der Waals surface area contributed by atoms with E-state index in [0.29, 0.717) is 57.8 Å². The lowest BCUT2D eigenvalue weighted by atomic mass is 9.93. The number of phenols is 3. The van der Waals surface area contributed by atoms with E-state index < -0.39 is 23.3 Å². The standard InChI is InChI=1S/C74H72O9/c1-74(50-81-68(75)35-32-59-44-62(38-53-20-8-2-9-21-53)71(78)63(45-59)39-54-22-10-3-11-23-54,51-82-69(76)36-33-60-46-64(40-55-24-12-4-13-25-55)72(79)65(47-60)41-56-26-14-5-15-27-56)52-83-70(77)37-34-61-48-66(42-57-28-16-6-17-29-57)73(80)67(49-61)43-58-30-18-7-19-31-58/h2-31,44-49,78-80H,32-43,50-52H2,1H3. The van der Waals surface area contributed by atoms with Crippen LogP contribution in [0, 0.1) is 5.41 Å². The molecule has 0 unspecified atom stereocenters. The van der Waals surface area contributed by atoms with Crippen LogP contribution in [0.5, 0.6) is 17.2 Å². The van der Waals surface area contributed by atoms with Crippen LogP contribution in [0.25, 0.3) is 0 Å². The summed E-state index contributed by atoms with van der Waals surface area (Å²) in [6, 6.07) is 71.4. The van der Waals surface area contributed by atoms with Gasteiger partial charge >= 0.3 is 17.9 Å². The first kappa shape index (κ1) is 58.4. The second-order valence-corrected chi connectivity index (χ2v) is 22.1. The Morgan fingerprint density at radius 2 is 0.482 bits per heavy atom. The normalized spacial score (nSPS) is 11.2. The maximum absolute atomic E-state index is 13.8. The number of carbonyl (C=O) groups excluding carboxylic acids is 3. The van der Waals surface area contributed by atoms with Crippen LogP contribution in [-0.4, -0.2) is 53.0 Å². The highest BCUT2D eigenvalue weighted by atomic mass is 16.6. The SMILES string of the molecule is CC(COC(=O)CCc1cc(Cc2ccccc2)c(O)c(Cc2ccccc2)c1)(COC(=O)CCc1cc(Cc2ccccc2)c(O)c(Cc2ccccc2)c1)COC(=O)CCc1cc(Cc2ccccc2)c(O)c(Cc2ccccc2)c1. The third kappa shape index (κ3) is 17.6. The molecule has 0 fully saturated rings. The summed E-state index contributed by atoms with van der Waals surface area (Å²) in [6.07, 6.45) is 4.23. The van der Waals surface area contributed by atoms with Gasteiger partial charge in [0.1, 0.15) is 37.1 Å². The largest absolute Gasteiger partial charge is 0.507 e.